The molecule has 1 heterocycles. The lowest BCUT2D eigenvalue weighted by atomic mass is 10.1. The lowest BCUT2D eigenvalue weighted by molar-refractivity contribution is 0.337. The highest BCUT2D eigenvalue weighted by molar-refractivity contribution is 5.78. The average molecular weight is 278 g/mol. The van der Waals surface area contributed by atoms with Crippen LogP contribution in [0.15, 0.2) is 28.7 Å². The van der Waals surface area contributed by atoms with Gasteiger partial charge in [-0.15, -0.1) is 0 Å². The number of hydrogen-bond acceptors (Lipinski definition) is 3. The molecule has 0 aliphatic rings. The first-order chi connectivity index (χ1) is 9.60. The summed E-state index contributed by atoms with van der Waals surface area (Å²) in [4.78, 5) is 2.16. The van der Waals surface area contributed by atoms with Crippen molar-refractivity contribution in [2.75, 3.05) is 27.2 Å². The molecule has 3 nitrogen and oxygen atoms in total. The zero-order valence-corrected chi connectivity index (χ0v) is 12.4. The van der Waals surface area contributed by atoms with Gasteiger partial charge in [-0.2, -0.15) is 0 Å². The topological polar surface area (TPSA) is 28.4 Å². The largest absolute Gasteiger partial charge is 0.459 e. The second-order valence-electron chi connectivity index (χ2n) is 5.43. The molecule has 0 saturated heterocycles. The Morgan fingerprint density at radius 1 is 1.30 bits per heavy atom. The Labute approximate surface area is 119 Å². The zero-order chi connectivity index (χ0) is 14.5. The SMILES string of the molecule is CCCNC(CCN(C)C)c1cc2cc(F)ccc2o1. The second-order valence-corrected chi connectivity index (χ2v) is 5.43. The van der Waals surface area contributed by atoms with E-state index in [1.807, 2.05) is 6.07 Å². The van der Waals surface area contributed by atoms with Crippen LogP contribution >= 0.6 is 0 Å². The first kappa shape index (κ1) is 15.0. The Morgan fingerprint density at radius 2 is 2.10 bits per heavy atom. The zero-order valence-electron chi connectivity index (χ0n) is 12.4. The predicted octanol–water partition coefficient (Wildman–Crippen LogP) is 3.56. The summed E-state index contributed by atoms with van der Waals surface area (Å²) in [5.74, 6) is 0.664. The van der Waals surface area contributed by atoms with Gasteiger partial charge in [0.2, 0.25) is 0 Å². The third-order valence-electron chi connectivity index (χ3n) is 3.35. The molecule has 2 rings (SSSR count). The number of halogens is 1. The standard InChI is InChI=1S/C16H23FN2O/c1-4-8-18-14(7-9-19(2)3)16-11-12-10-13(17)5-6-15(12)20-16/h5-6,10-11,14,18H,4,7-9H2,1-3H3. The minimum absolute atomic E-state index is 0.174. The van der Waals surface area contributed by atoms with Crippen molar-refractivity contribution in [2.24, 2.45) is 0 Å². The third kappa shape index (κ3) is 3.81. The molecule has 0 spiro atoms. The summed E-state index contributed by atoms with van der Waals surface area (Å²) in [5, 5.41) is 4.33. The fourth-order valence-corrected chi connectivity index (χ4v) is 2.26. The minimum Gasteiger partial charge on any atom is -0.459 e. The van der Waals surface area contributed by atoms with E-state index < -0.39 is 0 Å². The van der Waals surface area contributed by atoms with Crippen LogP contribution in [0.25, 0.3) is 11.0 Å². The predicted molar refractivity (Wildman–Crippen MR) is 80.4 cm³/mol. The smallest absolute Gasteiger partial charge is 0.134 e. The molecule has 0 aliphatic heterocycles. The highest BCUT2D eigenvalue weighted by Crippen LogP contribution is 2.26. The van der Waals surface area contributed by atoms with Gasteiger partial charge in [0.25, 0.3) is 0 Å². The third-order valence-corrected chi connectivity index (χ3v) is 3.35. The maximum atomic E-state index is 13.2. The van der Waals surface area contributed by atoms with Gasteiger partial charge in [0.15, 0.2) is 0 Å². The van der Waals surface area contributed by atoms with Crippen molar-refractivity contribution in [2.45, 2.75) is 25.8 Å². The molecular formula is C16H23FN2O. The van der Waals surface area contributed by atoms with Crippen LogP contribution in [0, 0.1) is 5.82 Å². The van der Waals surface area contributed by atoms with Crippen molar-refractivity contribution in [3.05, 3.63) is 35.8 Å². The molecule has 4 heteroatoms. The molecule has 1 aromatic heterocycles. The molecule has 0 fully saturated rings. The van der Waals surface area contributed by atoms with Gasteiger partial charge in [-0.3, -0.25) is 0 Å². The van der Waals surface area contributed by atoms with Gasteiger partial charge in [0.1, 0.15) is 17.2 Å². The minimum atomic E-state index is -0.226. The van der Waals surface area contributed by atoms with E-state index in [-0.39, 0.29) is 11.9 Å². The van der Waals surface area contributed by atoms with E-state index >= 15 is 0 Å². The van der Waals surface area contributed by atoms with Crippen LogP contribution in [0.2, 0.25) is 0 Å². The maximum Gasteiger partial charge on any atom is 0.134 e. The van der Waals surface area contributed by atoms with Crippen LogP contribution in [-0.2, 0) is 0 Å². The van der Waals surface area contributed by atoms with Gasteiger partial charge < -0.3 is 14.6 Å². The summed E-state index contributed by atoms with van der Waals surface area (Å²) in [6.07, 6.45) is 2.04. The lowest BCUT2D eigenvalue weighted by Gasteiger charge is -2.18. The quantitative estimate of drug-likeness (QED) is 0.839. The molecule has 0 radical (unpaired) electrons. The Kier molecular flexibility index (Phi) is 5.15. The number of nitrogens with one attached hydrogen (secondary N) is 1. The van der Waals surface area contributed by atoms with Crippen molar-refractivity contribution in [1.29, 1.82) is 0 Å². The van der Waals surface area contributed by atoms with Gasteiger partial charge in [-0.1, -0.05) is 6.92 Å². The Morgan fingerprint density at radius 3 is 2.80 bits per heavy atom. The van der Waals surface area contributed by atoms with Crippen molar-refractivity contribution >= 4 is 11.0 Å². The van der Waals surface area contributed by atoms with Crippen molar-refractivity contribution in [1.82, 2.24) is 10.2 Å². The van der Waals surface area contributed by atoms with E-state index in [1.165, 1.54) is 12.1 Å². The molecule has 1 aromatic carbocycles. The van der Waals surface area contributed by atoms with E-state index in [9.17, 15) is 4.39 Å². The van der Waals surface area contributed by atoms with Gasteiger partial charge in [0, 0.05) is 5.39 Å². The highest BCUT2D eigenvalue weighted by Gasteiger charge is 2.16. The molecule has 0 amide bonds. The van der Waals surface area contributed by atoms with Gasteiger partial charge >= 0.3 is 0 Å². The highest BCUT2D eigenvalue weighted by atomic mass is 19.1. The first-order valence-electron chi connectivity index (χ1n) is 7.17. The van der Waals surface area contributed by atoms with Crippen LogP contribution in [-0.4, -0.2) is 32.1 Å². The first-order valence-corrected chi connectivity index (χ1v) is 7.17. The Balaban J connectivity index is 2.20. The van der Waals surface area contributed by atoms with Crippen LogP contribution in [0.5, 0.6) is 0 Å². The summed E-state index contributed by atoms with van der Waals surface area (Å²) in [6.45, 7) is 4.07. The normalized spacial score (nSPS) is 13.2. The van der Waals surface area contributed by atoms with Crippen molar-refractivity contribution in [3.8, 4) is 0 Å². The number of furan rings is 1. The van der Waals surface area contributed by atoms with Crippen LogP contribution in [0.1, 0.15) is 31.6 Å². The van der Waals surface area contributed by atoms with E-state index in [0.717, 1.165) is 42.7 Å². The summed E-state index contributed by atoms with van der Waals surface area (Å²) in [5.41, 5.74) is 0.745. The monoisotopic (exact) mass is 278 g/mol. The maximum absolute atomic E-state index is 13.2. The Hall–Kier alpha value is -1.39. The van der Waals surface area contributed by atoms with Crippen LogP contribution in [0.3, 0.4) is 0 Å². The van der Waals surface area contributed by atoms with E-state index in [4.69, 9.17) is 4.42 Å². The summed E-state index contributed by atoms with van der Waals surface area (Å²) >= 11 is 0. The molecule has 0 saturated carbocycles. The summed E-state index contributed by atoms with van der Waals surface area (Å²) < 4.78 is 19.1. The average Bonchev–Trinajstić information content (AvgIpc) is 2.81. The molecule has 110 valence electrons. The van der Waals surface area contributed by atoms with Gasteiger partial charge in [-0.25, -0.2) is 4.39 Å². The fourth-order valence-electron chi connectivity index (χ4n) is 2.26. The van der Waals surface area contributed by atoms with Gasteiger partial charge in [0.05, 0.1) is 6.04 Å². The molecule has 20 heavy (non-hydrogen) atoms. The molecule has 1 N–H and O–H groups in total. The number of rotatable bonds is 7. The lowest BCUT2D eigenvalue weighted by Crippen LogP contribution is -2.26. The van der Waals surface area contributed by atoms with Crippen molar-refractivity contribution < 1.29 is 8.81 Å². The number of hydrogen-bond donors (Lipinski definition) is 1. The molecule has 1 unspecified atom stereocenters. The molecule has 0 aliphatic carbocycles. The van der Waals surface area contributed by atoms with Gasteiger partial charge in [-0.05, 0) is 64.3 Å². The second kappa shape index (κ2) is 6.86. The summed E-state index contributed by atoms with van der Waals surface area (Å²) in [6, 6.07) is 6.76. The molecular weight excluding hydrogens is 255 g/mol. The number of benzene rings is 1. The van der Waals surface area contributed by atoms with Crippen molar-refractivity contribution in [3.63, 3.8) is 0 Å². The molecule has 2 aromatic rings. The number of fused-ring (bicyclic) bond motifs is 1. The van der Waals surface area contributed by atoms with Crippen LogP contribution in [0.4, 0.5) is 4.39 Å². The van der Waals surface area contributed by atoms with E-state index in [1.54, 1.807) is 6.07 Å². The molecule has 0 bridgehead atoms. The molecule has 1 atom stereocenters. The summed E-state index contributed by atoms with van der Waals surface area (Å²) in [7, 11) is 4.12. The fraction of sp³-hybridized carbons (Fsp3) is 0.500. The van der Waals surface area contributed by atoms with E-state index in [0.29, 0.717) is 0 Å². The van der Waals surface area contributed by atoms with Crippen LogP contribution < -0.4 is 5.32 Å². The van der Waals surface area contributed by atoms with E-state index in [2.05, 4.69) is 31.2 Å². The Bertz CT molecular complexity index is 550. The number of nitrogens with zero attached hydrogens (tertiary/aromatic N) is 1.